The van der Waals surface area contributed by atoms with Gasteiger partial charge in [-0.3, -0.25) is 9.59 Å². The molecular weight excluding hydrogens is 264 g/mol. The molecule has 0 aromatic heterocycles. The van der Waals surface area contributed by atoms with E-state index in [2.05, 4.69) is 5.32 Å². The summed E-state index contributed by atoms with van der Waals surface area (Å²) >= 11 is 0. The smallest absolute Gasteiger partial charge is 0.253 e. The summed E-state index contributed by atoms with van der Waals surface area (Å²) in [6.45, 7) is 9.63. The molecule has 114 valence electrons. The molecule has 4 nitrogen and oxygen atoms in total. The van der Waals surface area contributed by atoms with E-state index in [4.69, 9.17) is 0 Å². The molecule has 0 radical (unpaired) electrons. The second-order valence-corrected chi connectivity index (χ2v) is 6.75. The molecule has 1 fully saturated rings. The van der Waals surface area contributed by atoms with Crippen molar-refractivity contribution in [2.45, 2.75) is 58.2 Å². The second-order valence-electron chi connectivity index (χ2n) is 6.75. The topological polar surface area (TPSA) is 49.4 Å². The van der Waals surface area contributed by atoms with Gasteiger partial charge in [-0.2, -0.15) is 0 Å². The molecule has 1 heterocycles. The minimum absolute atomic E-state index is 0.0485. The maximum atomic E-state index is 13.1. The fourth-order valence-electron chi connectivity index (χ4n) is 2.99. The molecule has 2 unspecified atom stereocenters. The predicted molar refractivity (Wildman–Crippen MR) is 82.6 cm³/mol. The minimum Gasteiger partial charge on any atom is -0.336 e. The Morgan fingerprint density at radius 3 is 2.24 bits per heavy atom. The molecule has 1 saturated heterocycles. The lowest BCUT2D eigenvalue weighted by molar-refractivity contribution is -0.161. The van der Waals surface area contributed by atoms with Gasteiger partial charge in [0.25, 0.3) is 5.91 Å². The van der Waals surface area contributed by atoms with Gasteiger partial charge >= 0.3 is 0 Å². The summed E-state index contributed by atoms with van der Waals surface area (Å²) in [6, 6.07) is 9.02. The molecule has 1 N–H and O–H groups in total. The highest BCUT2D eigenvalue weighted by Gasteiger charge is 2.51. The van der Waals surface area contributed by atoms with E-state index in [9.17, 15) is 9.59 Å². The zero-order chi connectivity index (χ0) is 15.8. The van der Waals surface area contributed by atoms with Gasteiger partial charge in [-0.25, -0.2) is 0 Å². The van der Waals surface area contributed by atoms with Crippen LogP contribution in [0, 0.1) is 0 Å². The van der Waals surface area contributed by atoms with Gasteiger partial charge in [0.15, 0.2) is 0 Å². The van der Waals surface area contributed by atoms with Crippen LogP contribution >= 0.6 is 0 Å². The number of nitrogens with one attached hydrogen (secondary N) is 1. The lowest BCUT2D eigenvalue weighted by Gasteiger charge is -2.50. The molecule has 2 amide bonds. The van der Waals surface area contributed by atoms with Crippen LogP contribution in [0.3, 0.4) is 0 Å². The number of amides is 2. The van der Waals surface area contributed by atoms with Crippen molar-refractivity contribution in [2.75, 3.05) is 0 Å². The van der Waals surface area contributed by atoms with Gasteiger partial charge in [-0.05, 0) is 39.7 Å². The fourth-order valence-corrected chi connectivity index (χ4v) is 2.99. The summed E-state index contributed by atoms with van der Waals surface area (Å²) in [5, 5.41) is 2.93. The van der Waals surface area contributed by atoms with Crippen molar-refractivity contribution in [3.63, 3.8) is 0 Å². The predicted octanol–water partition coefficient (Wildman–Crippen LogP) is 2.44. The Morgan fingerprint density at radius 1 is 1.19 bits per heavy atom. The van der Waals surface area contributed by atoms with Gasteiger partial charge in [0, 0.05) is 5.54 Å². The molecule has 0 spiro atoms. The largest absolute Gasteiger partial charge is 0.336 e. The molecule has 2 atom stereocenters. The van der Waals surface area contributed by atoms with Crippen LogP contribution in [0.1, 0.15) is 46.6 Å². The van der Waals surface area contributed by atoms with Gasteiger partial charge in [-0.15, -0.1) is 0 Å². The van der Waals surface area contributed by atoms with Gasteiger partial charge in [-0.1, -0.05) is 37.3 Å². The number of hydrogen-bond donors (Lipinski definition) is 1. The Hall–Kier alpha value is -1.84. The monoisotopic (exact) mass is 288 g/mol. The first-order valence-corrected chi connectivity index (χ1v) is 7.43. The van der Waals surface area contributed by atoms with E-state index < -0.39 is 17.1 Å². The number of carbonyl (C=O) groups excluding carboxylic acids is 2. The first kappa shape index (κ1) is 15.5. The van der Waals surface area contributed by atoms with Crippen molar-refractivity contribution in [3.8, 4) is 0 Å². The minimum atomic E-state index is -1.00. The molecule has 0 bridgehead atoms. The van der Waals surface area contributed by atoms with Crippen molar-refractivity contribution in [1.29, 1.82) is 0 Å². The molecule has 1 aliphatic rings. The molecule has 21 heavy (non-hydrogen) atoms. The van der Waals surface area contributed by atoms with Crippen LogP contribution in [0.4, 0.5) is 0 Å². The van der Waals surface area contributed by atoms with E-state index in [1.165, 1.54) is 0 Å². The average molecular weight is 288 g/mol. The summed E-state index contributed by atoms with van der Waals surface area (Å²) in [6.07, 6.45) is 0.611. The molecule has 1 aliphatic heterocycles. The third-order valence-electron chi connectivity index (χ3n) is 4.09. The summed E-state index contributed by atoms with van der Waals surface area (Å²) in [5.41, 5.74) is -0.588. The zero-order valence-corrected chi connectivity index (χ0v) is 13.4. The van der Waals surface area contributed by atoms with Crippen LogP contribution in [0.5, 0.6) is 0 Å². The standard InChI is InChI=1S/C17H24N2O2/c1-6-13-14(20)18-17(5,12-10-8-7-9-11-12)15(21)19(13)16(2,3)4/h7-11,13H,6H2,1-5H3,(H,18,20). The average Bonchev–Trinajstić information content (AvgIpc) is 2.42. The highest BCUT2D eigenvalue weighted by Crippen LogP contribution is 2.33. The molecule has 0 saturated carbocycles. The maximum absolute atomic E-state index is 13.1. The molecule has 1 aromatic carbocycles. The SMILES string of the molecule is CCC1C(=O)NC(C)(c2ccccc2)C(=O)N1C(C)(C)C. The molecule has 2 rings (SSSR count). The lowest BCUT2D eigenvalue weighted by Crippen LogP contribution is -2.71. The number of piperazine rings is 1. The third-order valence-corrected chi connectivity index (χ3v) is 4.09. The van der Waals surface area contributed by atoms with E-state index in [0.29, 0.717) is 6.42 Å². The Kier molecular flexibility index (Phi) is 3.83. The Labute approximate surface area is 126 Å². The van der Waals surface area contributed by atoms with Crippen LogP contribution in [0.25, 0.3) is 0 Å². The zero-order valence-electron chi connectivity index (χ0n) is 13.4. The molecule has 4 heteroatoms. The van der Waals surface area contributed by atoms with Gasteiger partial charge in [0.1, 0.15) is 11.6 Å². The highest BCUT2D eigenvalue weighted by molar-refractivity contribution is 6.00. The van der Waals surface area contributed by atoms with Crippen LogP contribution in [-0.4, -0.2) is 28.3 Å². The van der Waals surface area contributed by atoms with Crippen molar-refractivity contribution >= 4 is 11.8 Å². The third kappa shape index (κ3) is 2.55. The normalized spacial score (nSPS) is 26.7. The van der Waals surface area contributed by atoms with Crippen molar-refractivity contribution < 1.29 is 9.59 Å². The van der Waals surface area contributed by atoms with Gasteiger partial charge < -0.3 is 10.2 Å². The summed E-state index contributed by atoms with van der Waals surface area (Å²) in [4.78, 5) is 27.4. The summed E-state index contributed by atoms with van der Waals surface area (Å²) in [7, 11) is 0. The van der Waals surface area contributed by atoms with Gasteiger partial charge in [0.2, 0.25) is 5.91 Å². The van der Waals surface area contributed by atoms with Crippen molar-refractivity contribution in [2.24, 2.45) is 0 Å². The second kappa shape index (κ2) is 5.17. The number of benzene rings is 1. The maximum Gasteiger partial charge on any atom is 0.253 e. The Bertz CT molecular complexity index is 548. The highest BCUT2D eigenvalue weighted by atomic mass is 16.2. The summed E-state index contributed by atoms with van der Waals surface area (Å²) in [5.74, 6) is -0.133. The van der Waals surface area contributed by atoms with E-state index in [1.807, 2.05) is 58.0 Å². The van der Waals surface area contributed by atoms with E-state index in [-0.39, 0.29) is 11.8 Å². The molecule has 0 aliphatic carbocycles. The number of hydrogen-bond acceptors (Lipinski definition) is 2. The first-order chi connectivity index (χ1) is 9.71. The fraction of sp³-hybridized carbons (Fsp3) is 0.529. The van der Waals surface area contributed by atoms with Crippen molar-refractivity contribution in [3.05, 3.63) is 35.9 Å². The molecule has 1 aromatic rings. The number of carbonyl (C=O) groups is 2. The van der Waals surface area contributed by atoms with Crippen LogP contribution in [-0.2, 0) is 15.1 Å². The number of nitrogens with zero attached hydrogens (tertiary/aromatic N) is 1. The van der Waals surface area contributed by atoms with E-state index >= 15 is 0 Å². The van der Waals surface area contributed by atoms with Crippen molar-refractivity contribution in [1.82, 2.24) is 10.2 Å². The van der Waals surface area contributed by atoms with E-state index in [0.717, 1.165) is 5.56 Å². The van der Waals surface area contributed by atoms with Crippen LogP contribution in [0.15, 0.2) is 30.3 Å². The lowest BCUT2D eigenvalue weighted by atomic mass is 9.84. The van der Waals surface area contributed by atoms with Crippen LogP contribution < -0.4 is 5.32 Å². The van der Waals surface area contributed by atoms with E-state index in [1.54, 1.807) is 11.8 Å². The van der Waals surface area contributed by atoms with Crippen LogP contribution in [0.2, 0.25) is 0 Å². The quantitative estimate of drug-likeness (QED) is 0.908. The number of rotatable bonds is 2. The first-order valence-electron chi connectivity index (χ1n) is 7.43. The Balaban J connectivity index is 2.52. The Morgan fingerprint density at radius 2 is 1.76 bits per heavy atom. The van der Waals surface area contributed by atoms with Gasteiger partial charge in [0.05, 0.1) is 0 Å². The molecular formula is C17H24N2O2. The summed E-state index contributed by atoms with van der Waals surface area (Å²) < 4.78 is 0.